The van der Waals surface area contributed by atoms with Gasteiger partial charge in [-0.15, -0.1) is 0 Å². The second-order valence-corrected chi connectivity index (χ2v) is 5.91. The predicted molar refractivity (Wildman–Crippen MR) is 71.8 cm³/mol. The monoisotopic (exact) mass is 282 g/mol. The molecule has 0 bridgehead atoms. The molecule has 0 aromatic carbocycles. The van der Waals surface area contributed by atoms with Crippen molar-refractivity contribution < 1.29 is 19.5 Å². The van der Waals surface area contributed by atoms with Crippen molar-refractivity contribution in [2.75, 3.05) is 26.2 Å². The third kappa shape index (κ3) is 2.94. The maximum Gasteiger partial charge on any atom is 0.306 e. The number of carbonyl (C=O) groups is 3. The summed E-state index contributed by atoms with van der Waals surface area (Å²) in [4.78, 5) is 37.9. The first-order chi connectivity index (χ1) is 9.40. The van der Waals surface area contributed by atoms with Crippen LogP contribution < -0.4 is 0 Å². The SMILES string of the molecule is CC(=O)N1CCC(C(=O)N2CC(C(C)C(=O)O)C2)CC1. The molecule has 2 saturated heterocycles. The lowest BCUT2D eigenvalue weighted by Crippen LogP contribution is -2.56. The number of rotatable bonds is 3. The van der Waals surface area contributed by atoms with Crippen molar-refractivity contribution in [1.82, 2.24) is 9.80 Å². The number of amides is 2. The van der Waals surface area contributed by atoms with Gasteiger partial charge >= 0.3 is 5.97 Å². The van der Waals surface area contributed by atoms with Gasteiger partial charge in [-0.05, 0) is 12.8 Å². The zero-order chi connectivity index (χ0) is 14.9. The second-order valence-electron chi connectivity index (χ2n) is 5.91. The number of hydrogen-bond donors (Lipinski definition) is 1. The molecule has 2 fully saturated rings. The minimum absolute atomic E-state index is 0.00770. The van der Waals surface area contributed by atoms with Crippen molar-refractivity contribution in [3.63, 3.8) is 0 Å². The molecule has 0 spiro atoms. The summed E-state index contributed by atoms with van der Waals surface area (Å²) in [7, 11) is 0. The van der Waals surface area contributed by atoms with Crippen molar-refractivity contribution in [2.45, 2.75) is 26.7 Å². The van der Waals surface area contributed by atoms with Crippen LogP contribution in [0.25, 0.3) is 0 Å². The minimum Gasteiger partial charge on any atom is -0.481 e. The molecular weight excluding hydrogens is 260 g/mol. The largest absolute Gasteiger partial charge is 0.481 e. The highest BCUT2D eigenvalue weighted by Gasteiger charge is 2.39. The summed E-state index contributed by atoms with van der Waals surface area (Å²) in [5, 5.41) is 8.93. The van der Waals surface area contributed by atoms with Crippen LogP contribution in [0.15, 0.2) is 0 Å². The number of carboxylic acid groups (broad SMARTS) is 1. The van der Waals surface area contributed by atoms with E-state index in [1.54, 1.807) is 23.6 Å². The molecule has 2 rings (SSSR count). The standard InChI is InChI=1S/C14H22N2O4/c1-9(14(19)20)12-7-16(8-12)13(18)11-3-5-15(6-4-11)10(2)17/h9,11-12H,3-8H2,1-2H3,(H,19,20). The van der Waals surface area contributed by atoms with Crippen LogP contribution in [0.1, 0.15) is 26.7 Å². The van der Waals surface area contributed by atoms with Gasteiger partial charge in [-0.3, -0.25) is 14.4 Å². The molecule has 6 heteroatoms. The zero-order valence-corrected chi connectivity index (χ0v) is 12.0. The van der Waals surface area contributed by atoms with Crippen LogP contribution >= 0.6 is 0 Å². The molecule has 1 unspecified atom stereocenters. The van der Waals surface area contributed by atoms with Gasteiger partial charge in [0.15, 0.2) is 0 Å². The third-order valence-electron chi connectivity index (χ3n) is 4.61. The number of piperidine rings is 1. The van der Waals surface area contributed by atoms with Crippen LogP contribution in [0, 0.1) is 17.8 Å². The highest BCUT2D eigenvalue weighted by Crippen LogP contribution is 2.28. The van der Waals surface area contributed by atoms with E-state index in [9.17, 15) is 14.4 Å². The fraction of sp³-hybridized carbons (Fsp3) is 0.786. The van der Waals surface area contributed by atoms with Gasteiger partial charge in [0.05, 0.1) is 5.92 Å². The average molecular weight is 282 g/mol. The van der Waals surface area contributed by atoms with Gasteiger partial charge < -0.3 is 14.9 Å². The zero-order valence-electron chi connectivity index (χ0n) is 12.0. The Kier molecular flexibility index (Phi) is 4.30. The number of carboxylic acids is 1. The van der Waals surface area contributed by atoms with Crippen molar-refractivity contribution in [1.29, 1.82) is 0 Å². The van der Waals surface area contributed by atoms with Crippen molar-refractivity contribution >= 4 is 17.8 Å². The van der Waals surface area contributed by atoms with Crippen molar-refractivity contribution in [2.24, 2.45) is 17.8 Å². The summed E-state index contributed by atoms with van der Waals surface area (Å²) >= 11 is 0. The highest BCUT2D eigenvalue weighted by molar-refractivity contribution is 5.81. The highest BCUT2D eigenvalue weighted by atomic mass is 16.4. The molecule has 0 aliphatic carbocycles. The van der Waals surface area contributed by atoms with E-state index >= 15 is 0 Å². The van der Waals surface area contributed by atoms with Crippen LogP contribution in [-0.4, -0.2) is 58.9 Å². The normalized spacial score (nSPS) is 22.3. The summed E-state index contributed by atoms with van der Waals surface area (Å²) in [5.41, 5.74) is 0. The Morgan fingerprint density at radius 3 is 2.10 bits per heavy atom. The first kappa shape index (κ1) is 14.8. The summed E-state index contributed by atoms with van der Waals surface area (Å²) in [5.74, 6) is -0.923. The number of aliphatic carboxylic acids is 1. The lowest BCUT2D eigenvalue weighted by atomic mass is 9.85. The molecule has 0 saturated carbocycles. The molecule has 0 radical (unpaired) electrons. The summed E-state index contributed by atoms with van der Waals surface area (Å²) in [6.07, 6.45) is 1.43. The van der Waals surface area contributed by atoms with Gasteiger partial charge in [0.2, 0.25) is 11.8 Å². The van der Waals surface area contributed by atoms with Gasteiger partial charge in [-0.2, -0.15) is 0 Å². The fourth-order valence-corrected chi connectivity index (χ4v) is 2.91. The molecule has 2 heterocycles. The molecular formula is C14H22N2O4. The second kappa shape index (κ2) is 5.81. The molecule has 1 N–H and O–H groups in total. The van der Waals surface area contributed by atoms with E-state index in [0.29, 0.717) is 39.0 Å². The lowest BCUT2D eigenvalue weighted by molar-refractivity contribution is -0.153. The summed E-state index contributed by atoms with van der Waals surface area (Å²) < 4.78 is 0. The fourth-order valence-electron chi connectivity index (χ4n) is 2.91. The van der Waals surface area contributed by atoms with Crippen LogP contribution in [0.2, 0.25) is 0 Å². The van der Waals surface area contributed by atoms with Gasteiger partial charge in [-0.25, -0.2) is 0 Å². The topological polar surface area (TPSA) is 77.9 Å². The Hall–Kier alpha value is -1.59. The maximum absolute atomic E-state index is 12.3. The molecule has 1 atom stereocenters. The Morgan fingerprint density at radius 1 is 1.10 bits per heavy atom. The van der Waals surface area contributed by atoms with Crippen LogP contribution in [0.4, 0.5) is 0 Å². The average Bonchev–Trinajstić information content (AvgIpc) is 2.36. The first-order valence-electron chi connectivity index (χ1n) is 7.17. The molecule has 20 heavy (non-hydrogen) atoms. The third-order valence-corrected chi connectivity index (χ3v) is 4.61. The van der Waals surface area contributed by atoms with E-state index < -0.39 is 11.9 Å². The van der Waals surface area contributed by atoms with Crippen LogP contribution in [-0.2, 0) is 14.4 Å². The van der Waals surface area contributed by atoms with Gasteiger partial charge in [0.25, 0.3) is 0 Å². The van der Waals surface area contributed by atoms with E-state index in [-0.39, 0.29) is 23.7 Å². The van der Waals surface area contributed by atoms with Gasteiger partial charge in [-0.1, -0.05) is 6.92 Å². The smallest absolute Gasteiger partial charge is 0.306 e. The molecule has 0 aromatic rings. The molecule has 2 aliphatic heterocycles. The maximum atomic E-state index is 12.3. The number of nitrogens with zero attached hydrogens (tertiary/aromatic N) is 2. The Morgan fingerprint density at radius 2 is 1.65 bits per heavy atom. The van der Waals surface area contributed by atoms with E-state index in [2.05, 4.69) is 0 Å². The Bertz CT molecular complexity index is 409. The molecule has 2 aliphatic rings. The van der Waals surface area contributed by atoms with E-state index in [1.807, 2.05) is 0 Å². The quantitative estimate of drug-likeness (QED) is 0.814. The summed E-state index contributed by atoms with van der Waals surface area (Å²) in [6.45, 7) is 5.65. The van der Waals surface area contributed by atoms with Crippen molar-refractivity contribution in [3.8, 4) is 0 Å². The van der Waals surface area contributed by atoms with Gasteiger partial charge in [0, 0.05) is 44.9 Å². The number of hydrogen-bond acceptors (Lipinski definition) is 3. The first-order valence-corrected chi connectivity index (χ1v) is 7.17. The molecule has 2 amide bonds. The molecule has 6 nitrogen and oxygen atoms in total. The number of carbonyl (C=O) groups excluding carboxylic acids is 2. The van der Waals surface area contributed by atoms with Crippen LogP contribution in [0.5, 0.6) is 0 Å². The van der Waals surface area contributed by atoms with Crippen LogP contribution in [0.3, 0.4) is 0 Å². The molecule has 0 aromatic heterocycles. The number of likely N-dealkylation sites (tertiary alicyclic amines) is 2. The predicted octanol–water partition coefficient (Wildman–Crippen LogP) is 0.424. The Balaban J connectivity index is 1.78. The van der Waals surface area contributed by atoms with E-state index in [0.717, 1.165) is 0 Å². The van der Waals surface area contributed by atoms with E-state index in [1.165, 1.54) is 0 Å². The summed E-state index contributed by atoms with van der Waals surface area (Å²) in [6, 6.07) is 0. The Labute approximate surface area is 118 Å². The van der Waals surface area contributed by atoms with Crippen molar-refractivity contribution in [3.05, 3.63) is 0 Å². The minimum atomic E-state index is -0.795. The van der Waals surface area contributed by atoms with Gasteiger partial charge in [0.1, 0.15) is 0 Å². The lowest BCUT2D eigenvalue weighted by Gasteiger charge is -2.44. The van der Waals surface area contributed by atoms with E-state index in [4.69, 9.17) is 5.11 Å². The molecule has 112 valence electrons.